The number of nitrogens with one attached hydrogen (secondary N) is 3. The molecule has 0 radical (unpaired) electrons. The molecule has 0 spiro atoms. The van der Waals surface area contributed by atoms with Gasteiger partial charge in [0, 0.05) is 30.1 Å². The van der Waals surface area contributed by atoms with E-state index in [0.717, 1.165) is 0 Å². The smallest absolute Gasteiger partial charge is 0.258 e. The number of carbonyl (C=O) groups excluding carboxylic acids is 2. The maximum Gasteiger partial charge on any atom is 0.258 e. The van der Waals surface area contributed by atoms with Gasteiger partial charge in [-0.1, -0.05) is 26.0 Å². The van der Waals surface area contributed by atoms with Gasteiger partial charge in [0.15, 0.2) is 0 Å². The van der Waals surface area contributed by atoms with E-state index in [-0.39, 0.29) is 29.7 Å². The van der Waals surface area contributed by atoms with Crippen molar-refractivity contribution < 1.29 is 9.59 Å². The maximum atomic E-state index is 12.2. The fraction of sp³-hybridized carbons (Fsp3) is 0.238. The predicted molar refractivity (Wildman–Crippen MR) is 109 cm³/mol. The lowest BCUT2D eigenvalue weighted by molar-refractivity contribution is -0.119. The van der Waals surface area contributed by atoms with Crippen molar-refractivity contribution in [2.75, 3.05) is 10.6 Å². The molecule has 0 saturated heterocycles. The fourth-order valence-corrected chi connectivity index (χ4v) is 2.63. The van der Waals surface area contributed by atoms with Crippen LogP contribution >= 0.6 is 0 Å². The molecule has 0 aliphatic heterocycles. The Morgan fingerprint density at radius 3 is 2.32 bits per heavy atom. The van der Waals surface area contributed by atoms with Gasteiger partial charge in [-0.3, -0.25) is 14.4 Å². The van der Waals surface area contributed by atoms with Crippen LogP contribution in [0, 0.1) is 5.92 Å². The summed E-state index contributed by atoms with van der Waals surface area (Å²) in [7, 11) is 0. The molecule has 3 N–H and O–H groups in total. The van der Waals surface area contributed by atoms with Crippen molar-refractivity contribution in [3.05, 3.63) is 64.7 Å². The standard InChI is InChI=1S/C21H22N4O3/c1-13(2)20(27)23-15-9-7-14(8-10-15)22-19(26)12-11-18-24-17-6-4-3-5-16(17)21(28)25-18/h3-10,13H,11-12H2,1-2H3,(H,22,26)(H,23,27)(H,24,25,28). The molecule has 7 nitrogen and oxygen atoms in total. The van der Waals surface area contributed by atoms with Crippen molar-refractivity contribution in [3.63, 3.8) is 0 Å². The van der Waals surface area contributed by atoms with Crippen LogP contribution in [-0.2, 0) is 16.0 Å². The summed E-state index contributed by atoms with van der Waals surface area (Å²) in [4.78, 5) is 43.0. The molecule has 1 heterocycles. The van der Waals surface area contributed by atoms with E-state index >= 15 is 0 Å². The van der Waals surface area contributed by atoms with Crippen molar-refractivity contribution in [1.29, 1.82) is 0 Å². The molecule has 0 bridgehead atoms. The highest BCUT2D eigenvalue weighted by Crippen LogP contribution is 2.15. The van der Waals surface area contributed by atoms with Gasteiger partial charge in [-0.2, -0.15) is 0 Å². The van der Waals surface area contributed by atoms with Gasteiger partial charge in [0.05, 0.1) is 10.9 Å². The lowest BCUT2D eigenvalue weighted by atomic mass is 10.2. The Balaban J connectivity index is 1.57. The van der Waals surface area contributed by atoms with Crippen LogP contribution in [0.4, 0.5) is 11.4 Å². The second kappa shape index (κ2) is 8.47. The van der Waals surface area contributed by atoms with Crippen molar-refractivity contribution in [2.45, 2.75) is 26.7 Å². The Bertz CT molecular complexity index is 1060. The molecule has 3 aromatic rings. The van der Waals surface area contributed by atoms with E-state index in [1.807, 2.05) is 19.9 Å². The molecule has 7 heteroatoms. The highest BCUT2D eigenvalue weighted by Gasteiger charge is 2.09. The Morgan fingerprint density at radius 1 is 1.00 bits per heavy atom. The van der Waals surface area contributed by atoms with Gasteiger partial charge in [-0.05, 0) is 36.4 Å². The number of carbonyl (C=O) groups is 2. The fourth-order valence-electron chi connectivity index (χ4n) is 2.63. The average molecular weight is 378 g/mol. The first-order valence-electron chi connectivity index (χ1n) is 9.11. The molecule has 0 saturated carbocycles. The average Bonchev–Trinajstić information content (AvgIpc) is 2.68. The van der Waals surface area contributed by atoms with Gasteiger partial charge >= 0.3 is 0 Å². The highest BCUT2D eigenvalue weighted by atomic mass is 16.2. The van der Waals surface area contributed by atoms with Crippen LogP contribution in [0.1, 0.15) is 26.1 Å². The van der Waals surface area contributed by atoms with E-state index in [4.69, 9.17) is 0 Å². The highest BCUT2D eigenvalue weighted by molar-refractivity contribution is 5.93. The first kappa shape index (κ1) is 19.3. The van der Waals surface area contributed by atoms with Gasteiger partial charge in [0.2, 0.25) is 11.8 Å². The summed E-state index contributed by atoms with van der Waals surface area (Å²) in [5.74, 6) is 0.128. The predicted octanol–water partition coefficient (Wildman–Crippen LogP) is 3.09. The minimum Gasteiger partial charge on any atom is -0.326 e. The Kier molecular flexibility index (Phi) is 5.84. The first-order valence-corrected chi connectivity index (χ1v) is 9.11. The summed E-state index contributed by atoms with van der Waals surface area (Å²) in [5.41, 5.74) is 1.71. The number of hydrogen-bond acceptors (Lipinski definition) is 4. The number of aromatic amines is 1. The molecular weight excluding hydrogens is 356 g/mol. The van der Waals surface area contributed by atoms with E-state index < -0.39 is 0 Å². The van der Waals surface area contributed by atoms with E-state index in [1.54, 1.807) is 42.5 Å². The SMILES string of the molecule is CC(C)C(=O)Nc1ccc(NC(=O)CCc2nc3ccccc3c(=O)[nH]2)cc1. The molecule has 0 fully saturated rings. The summed E-state index contributed by atoms with van der Waals surface area (Å²) in [6.07, 6.45) is 0.515. The largest absolute Gasteiger partial charge is 0.326 e. The van der Waals surface area contributed by atoms with Gasteiger partial charge in [-0.25, -0.2) is 4.98 Å². The molecular formula is C21H22N4O3. The van der Waals surface area contributed by atoms with Gasteiger partial charge in [-0.15, -0.1) is 0 Å². The summed E-state index contributed by atoms with van der Waals surface area (Å²) in [6, 6.07) is 14.0. The molecule has 0 atom stereocenters. The maximum absolute atomic E-state index is 12.2. The molecule has 3 rings (SSSR count). The van der Waals surface area contributed by atoms with Crippen LogP contribution in [-0.4, -0.2) is 21.8 Å². The molecule has 1 aromatic heterocycles. The summed E-state index contributed by atoms with van der Waals surface area (Å²) >= 11 is 0. The molecule has 0 aliphatic carbocycles. The molecule has 0 aliphatic rings. The Labute approximate surface area is 162 Å². The van der Waals surface area contributed by atoms with Crippen molar-refractivity contribution in [3.8, 4) is 0 Å². The summed E-state index contributed by atoms with van der Waals surface area (Å²) in [5, 5.41) is 6.12. The number of aromatic nitrogens is 2. The second-order valence-electron chi connectivity index (χ2n) is 6.80. The van der Waals surface area contributed by atoms with Gasteiger partial charge in [0.1, 0.15) is 5.82 Å². The van der Waals surface area contributed by atoms with Crippen LogP contribution in [0.25, 0.3) is 10.9 Å². The van der Waals surface area contributed by atoms with Crippen LogP contribution in [0.15, 0.2) is 53.3 Å². The van der Waals surface area contributed by atoms with Crippen molar-refractivity contribution in [2.24, 2.45) is 5.92 Å². The minimum absolute atomic E-state index is 0.0614. The molecule has 0 unspecified atom stereocenters. The van der Waals surface area contributed by atoms with Crippen LogP contribution in [0.5, 0.6) is 0 Å². The number of anilines is 2. The number of benzene rings is 2. The Hall–Kier alpha value is -3.48. The number of nitrogens with zero attached hydrogens (tertiary/aromatic N) is 1. The zero-order valence-electron chi connectivity index (χ0n) is 15.8. The number of hydrogen-bond donors (Lipinski definition) is 3. The Morgan fingerprint density at radius 2 is 1.64 bits per heavy atom. The number of fused-ring (bicyclic) bond motifs is 1. The number of rotatable bonds is 6. The van der Waals surface area contributed by atoms with E-state index in [2.05, 4.69) is 20.6 Å². The lowest BCUT2D eigenvalue weighted by Crippen LogP contribution is -2.18. The van der Waals surface area contributed by atoms with Crippen LogP contribution in [0.2, 0.25) is 0 Å². The number of H-pyrrole nitrogens is 1. The van der Waals surface area contributed by atoms with E-state index in [0.29, 0.717) is 34.5 Å². The van der Waals surface area contributed by atoms with E-state index in [1.165, 1.54) is 0 Å². The molecule has 144 valence electrons. The van der Waals surface area contributed by atoms with E-state index in [9.17, 15) is 14.4 Å². The third-order valence-corrected chi connectivity index (χ3v) is 4.21. The van der Waals surface area contributed by atoms with Crippen molar-refractivity contribution >= 4 is 34.1 Å². The summed E-state index contributed by atoms with van der Waals surface area (Å²) < 4.78 is 0. The topological polar surface area (TPSA) is 104 Å². The second-order valence-corrected chi connectivity index (χ2v) is 6.80. The van der Waals surface area contributed by atoms with Gasteiger partial charge in [0.25, 0.3) is 5.56 Å². The number of aryl methyl sites for hydroxylation is 1. The zero-order chi connectivity index (χ0) is 20.1. The third-order valence-electron chi connectivity index (χ3n) is 4.21. The number of amides is 2. The molecule has 2 amide bonds. The monoisotopic (exact) mass is 378 g/mol. The summed E-state index contributed by atoms with van der Waals surface area (Å²) in [6.45, 7) is 3.64. The minimum atomic E-state index is -0.208. The first-order chi connectivity index (χ1) is 13.4. The van der Waals surface area contributed by atoms with Gasteiger partial charge < -0.3 is 15.6 Å². The zero-order valence-corrected chi connectivity index (χ0v) is 15.8. The van der Waals surface area contributed by atoms with Crippen molar-refractivity contribution in [1.82, 2.24) is 9.97 Å². The third kappa shape index (κ3) is 4.82. The lowest BCUT2D eigenvalue weighted by Gasteiger charge is -2.09. The molecule has 28 heavy (non-hydrogen) atoms. The normalized spacial score (nSPS) is 10.8. The number of para-hydroxylation sites is 1. The quantitative estimate of drug-likeness (QED) is 0.613. The van der Waals surface area contributed by atoms with Crippen LogP contribution < -0.4 is 16.2 Å². The van der Waals surface area contributed by atoms with Crippen LogP contribution in [0.3, 0.4) is 0 Å². The molecule has 2 aromatic carbocycles.